The Morgan fingerprint density at radius 2 is 2.00 bits per heavy atom. The molecule has 0 radical (unpaired) electrons. The molecule has 2 aliphatic carbocycles. The highest BCUT2D eigenvalue weighted by molar-refractivity contribution is 5.75. The Balaban J connectivity index is 1.73. The molecule has 0 spiro atoms. The van der Waals surface area contributed by atoms with E-state index in [-0.39, 0.29) is 18.7 Å². The van der Waals surface area contributed by atoms with E-state index in [0.29, 0.717) is 12.6 Å². The summed E-state index contributed by atoms with van der Waals surface area (Å²) in [6.07, 6.45) is 6.55. The lowest BCUT2D eigenvalue weighted by atomic mass is 10.1. The van der Waals surface area contributed by atoms with Gasteiger partial charge in [-0.2, -0.15) is 0 Å². The molecule has 0 heterocycles. The molecule has 1 aromatic rings. The molecule has 21 heavy (non-hydrogen) atoms. The number of aliphatic hydroxyl groups is 1. The second-order valence-electron chi connectivity index (χ2n) is 6.10. The molecule has 2 amide bonds. The van der Waals surface area contributed by atoms with E-state index in [9.17, 15) is 9.90 Å². The lowest BCUT2D eigenvalue weighted by Gasteiger charge is -2.30. The van der Waals surface area contributed by atoms with E-state index in [4.69, 9.17) is 0 Å². The van der Waals surface area contributed by atoms with Crippen LogP contribution in [-0.4, -0.2) is 35.2 Å². The van der Waals surface area contributed by atoms with Crippen LogP contribution in [0.2, 0.25) is 0 Å². The number of fused-ring (bicyclic) bond motifs is 1. The summed E-state index contributed by atoms with van der Waals surface area (Å²) in [5.41, 5.74) is 2.58. The number of amides is 2. The van der Waals surface area contributed by atoms with Gasteiger partial charge in [-0.3, -0.25) is 0 Å². The quantitative estimate of drug-likeness (QED) is 0.895. The van der Waals surface area contributed by atoms with Gasteiger partial charge in [0.05, 0.1) is 12.6 Å². The maximum Gasteiger partial charge on any atom is 0.318 e. The standard InChI is InChI=1S/C17H24N2O2/c20-12-11-19(17(21)18-14-6-2-3-7-14)16-10-9-13-5-1-4-8-15(13)16/h1,4-5,8,14,16,20H,2-3,6-7,9-12H2,(H,18,21). The zero-order valence-electron chi connectivity index (χ0n) is 12.4. The maximum atomic E-state index is 12.6. The first-order valence-corrected chi connectivity index (χ1v) is 8.05. The van der Waals surface area contributed by atoms with Crippen molar-refractivity contribution in [3.63, 3.8) is 0 Å². The van der Waals surface area contributed by atoms with Crippen LogP contribution >= 0.6 is 0 Å². The smallest absolute Gasteiger partial charge is 0.318 e. The summed E-state index contributed by atoms with van der Waals surface area (Å²) in [6, 6.07) is 8.74. The largest absolute Gasteiger partial charge is 0.395 e. The van der Waals surface area contributed by atoms with Crippen LogP contribution in [0.4, 0.5) is 4.79 Å². The zero-order valence-corrected chi connectivity index (χ0v) is 12.4. The minimum absolute atomic E-state index is 0.0107. The molecule has 1 unspecified atom stereocenters. The highest BCUT2D eigenvalue weighted by atomic mass is 16.3. The number of hydrogen-bond acceptors (Lipinski definition) is 2. The Morgan fingerprint density at radius 1 is 1.24 bits per heavy atom. The van der Waals surface area contributed by atoms with Crippen molar-refractivity contribution in [2.24, 2.45) is 0 Å². The monoisotopic (exact) mass is 288 g/mol. The third kappa shape index (κ3) is 3.05. The van der Waals surface area contributed by atoms with Gasteiger partial charge in [0.2, 0.25) is 0 Å². The van der Waals surface area contributed by atoms with Gasteiger partial charge in [-0.15, -0.1) is 0 Å². The van der Waals surface area contributed by atoms with E-state index in [1.54, 1.807) is 0 Å². The zero-order chi connectivity index (χ0) is 14.7. The Labute approximate surface area is 126 Å². The molecule has 3 rings (SSSR count). The van der Waals surface area contributed by atoms with E-state index in [0.717, 1.165) is 25.7 Å². The van der Waals surface area contributed by atoms with E-state index >= 15 is 0 Å². The van der Waals surface area contributed by atoms with Crippen molar-refractivity contribution in [3.05, 3.63) is 35.4 Å². The van der Waals surface area contributed by atoms with Crippen molar-refractivity contribution in [1.82, 2.24) is 10.2 Å². The Hall–Kier alpha value is -1.55. The number of carbonyl (C=O) groups excluding carboxylic acids is 1. The first-order chi connectivity index (χ1) is 10.3. The first-order valence-electron chi connectivity index (χ1n) is 8.05. The van der Waals surface area contributed by atoms with Crippen LogP contribution in [0.5, 0.6) is 0 Å². The lowest BCUT2D eigenvalue weighted by Crippen LogP contribution is -2.46. The van der Waals surface area contributed by atoms with Crippen molar-refractivity contribution < 1.29 is 9.90 Å². The van der Waals surface area contributed by atoms with Crippen molar-refractivity contribution in [2.75, 3.05) is 13.2 Å². The summed E-state index contributed by atoms with van der Waals surface area (Å²) in [7, 11) is 0. The van der Waals surface area contributed by atoms with Crippen molar-refractivity contribution in [1.29, 1.82) is 0 Å². The number of urea groups is 1. The molecule has 1 fully saturated rings. The first kappa shape index (κ1) is 14.4. The Morgan fingerprint density at radius 3 is 2.76 bits per heavy atom. The fourth-order valence-corrected chi connectivity index (χ4v) is 3.69. The molecule has 114 valence electrons. The normalized spacial score (nSPS) is 21.3. The molecule has 0 saturated heterocycles. The van der Waals surface area contributed by atoms with Crippen LogP contribution in [0.15, 0.2) is 24.3 Å². The van der Waals surface area contributed by atoms with E-state index in [1.165, 1.54) is 24.0 Å². The number of aliphatic hydroxyl groups excluding tert-OH is 1. The topological polar surface area (TPSA) is 52.6 Å². The molecular weight excluding hydrogens is 264 g/mol. The average molecular weight is 288 g/mol. The third-order valence-electron chi connectivity index (χ3n) is 4.76. The number of nitrogens with zero attached hydrogens (tertiary/aromatic N) is 1. The molecule has 0 aromatic heterocycles. The molecule has 4 heteroatoms. The number of nitrogens with one attached hydrogen (secondary N) is 1. The molecular formula is C17H24N2O2. The van der Waals surface area contributed by atoms with E-state index in [2.05, 4.69) is 23.5 Å². The summed E-state index contributed by atoms with van der Waals surface area (Å²) < 4.78 is 0. The Bertz CT molecular complexity index is 497. The van der Waals surface area contributed by atoms with Gasteiger partial charge in [-0.1, -0.05) is 37.1 Å². The maximum absolute atomic E-state index is 12.6. The van der Waals surface area contributed by atoms with Crippen LogP contribution in [0.1, 0.15) is 49.3 Å². The number of benzene rings is 1. The van der Waals surface area contributed by atoms with Crippen molar-refractivity contribution >= 4 is 6.03 Å². The molecule has 1 atom stereocenters. The number of hydrogen-bond donors (Lipinski definition) is 2. The summed E-state index contributed by atoms with van der Waals surface area (Å²) in [6.45, 7) is 0.411. The van der Waals surface area contributed by atoms with Crippen LogP contribution in [0.25, 0.3) is 0 Å². The minimum Gasteiger partial charge on any atom is -0.395 e. The van der Waals surface area contributed by atoms with Gasteiger partial charge in [0.25, 0.3) is 0 Å². The van der Waals surface area contributed by atoms with Gasteiger partial charge in [0.1, 0.15) is 0 Å². The van der Waals surface area contributed by atoms with Gasteiger partial charge < -0.3 is 15.3 Å². The van der Waals surface area contributed by atoms with Gasteiger partial charge >= 0.3 is 6.03 Å². The van der Waals surface area contributed by atoms with E-state index in [1.807, 2.05) is 11.0 Å². The van der Waals surface area contributed by atoms with Crippen LogP contribution < -0.4 is 5.32 Å². The number of rotatable bonds is 4. The fourth-order valence-electron chi connectivity index (χ4n) is 3.69. The molecule has 1 saturated carbocycles. The molecule has 2 aliphatic rings. The minimum atomic E-state index is -0.0161. The molecule has 0 aliphatic heterocycles. The Kier molecular flexibility index (Phi) is 4.44. The molecule has 2 N–H and O–H groups in total. The molecule has 4 nitrogen and oxygen atoms in total. The second-order valence-corrected chi connectivity index (χ2v) is 6.10. The van der Waals surface area contributed by atoms with Gasteiger partial charge in [-0.25, -0.2) is 4.79 Å². The summed E-state index contributed by atoms with van der Waals surface area (Å²) in [5, 5.41) is 12.5. The van der Waals surface area contributed by atoms with Crippen LogP contribution in [0, 0.1) is 0 Å². The lowest BCUT2D eigenvalue weighted by molar-refractivity contribution is 0.149. The highest BCUT2D eigenvalue weighted by Gasteiger charge is 2.31. The van der Waals surface area contributed by atoms with Crippen LogP contribution in [-0.2, 0) is 6.42 Å². The van der Waals surface area contributed by atoms with Gasteiger partial charge in [0.15, 0.2) is 0 Å². The fraction of sp³-hybridized carbons (Fsp3) is 0.588. The van der Waals surface area contributed by atoms with Crippen molar-refractivity contribution in [2.45, 2.75) is 50.6 Å². The predicted octanol–water partition coefficient (Wildman–Crippen LogP) is 2.62. The predicted molar refractivity (Wildman–Crippen MR) is 82.1 cm³/mol. The van der Waals surface area contributed by atoms with Gasteiger partial charge in [0, 0.05) is 12.6 Å². The summed E-state index contributed by atoms with van der Waals surface area (Å²) in [5.74, 6) is 0. The summed E-state index contributed by atoms with van der Waals surface area (Å²) in [4.78, 5) is 14.4. The summed E-state index contributed by atoms with van der Waals surface area (Å²) >= 11 is 0. The third-order valence-corrected chi connectivity index (χ3v) is 4.76. The van der Waals surface area contributed by atoms with Crippen LogP contribution in [0.3, 0.4) is 0 Å². The van der Waals surface area contributed by atoms with E-state index < -0.39 is 0 Å². The molecule has 0 bridgehead atoms. The second kappa shape index (κ2) is 6.48. The average Bonchev–Trinajstić information content (AvgIpc) is 3.14. The SMILES string of the molecule is O=C(NC1CCCC1)N(CCO)C1CCc2ccccc21. The highest BCUT2D eigenvalue weighted by Crippen LogP contribution is 2.35. The van der Waals surface area contributed by atoms with Gasteiger partial charge in [-0.05, 0) is 36.8 Å². The molecule has 1 aromatic carbocycles. The number of carbonyl (C=O) groups is 1. The number of aryl methyl sites for hydroxylation is 1. The van der Waals surface area contributed by atoms with Crippen molar-refractivity contribution in [3.8, 4) is 0 Å².